The molecule has 1 unspecified atom stereocenters. The van der Waals surface area contributed by atoms with Crippen molar-refractivity contribution in [3.63, 3.8) is 0 Å². The van der Waals surface area contributed by atoms with Gasteiger partial charge in [0.15, 0.2) is 0 Å². The van der Waals surface area contributed by atoms with Crippen LogP contribution in [0.1, 0.15) is 18.3 Å². The molecular formula is C11H11BrN2. The van der Waals surface area contributed by atoms with Gasteiger partial charge in [-0.3, -0.25) is 0 Å². The van der Waals surface area contributed by atoms with Gasteiger partial charge in [0.25, 0.3) is 0 Å². The zero-order valence-electron chi connectivity index (χ0n) is 7.70. The van der Waals surface area contributed by atoms with Crippen LogP contribution in [-0.4, -0.2) is 4.57 Å². The predicted octanol–water partition coefficient (Wildman–Crippen LogP) is 2.81. The summed E-state index contributed by atoms with van der Waals surface area (Å²) in [7, 11) is 0. The number of rotatable bonds is 0. The molecule has 72 valence electrons. The zero-order valence-corrected chi connectivity index (χ0v) is 9.29. The number of aryl methyl sites for hydroxylation is 1. The fourth-order valence-corrected chi connectivity index (χ4v) is 2.75. The maximum Gasteiger partial charge on any atom is 0.0821 e. The minimum atomic E-state index is 0.164. The van der Waals surface area contributed by atoms with Gasteiger partial charge in [0.1, 0.15) is 0 Å². The van der Waals surface area contributed by atoms with E-state index < -0.39 is 0 Å². The number of benzene rings is 1. The van der Waals surface area contributed by atoms with E-state index in [9.17, 15) is 0 Å². The highest BCUT2D eigenvalue weighted by Crippen LogP contribution is 2.33. The van der Waals surface area contributed by atoms with E-state index in [0.29, 0.717) is 0 Å². The lowest BCUT2D eigenvalue weighted by atomic mass is 10.2. The average molecular weight is 251 g/mol. The van der Waals surface area contributed by atoms with Crippen molar-refractivity contribution in [2.75, 3.05) is 0 Å². The molecule has 14 heavy (non-hydrogen) atoms. The molecule has 2 nitrogen and oxygen atoms in total. The van der Waals surface area contributed by atoms with Crippen LogP contribution in [0.3, 0.4) is 0 Å². The summed E-state index contributed by atoms with van der Waals surface area (Å²) in [6.07, 6.45) is 2.33. The minimum Gasteiger partial charge on any atom is -0.329 e. The van der Waals surface area contributed by atoms with Crippen molar-refractivity contribution in [3.05, 3.63) is 34.4 Å². The van der Waals surface area contributed by atoms with E-state index in [2.05, 4.69) is 44.8 Å². The normalized spacial score (nSPS) is 20.3. The molecule has 1 aliphatic rings. The molecule has 2 aromatic rings. The number of hydrogen-bond acceptors (Lipinski definition) is 1. The molecule has 1 atom stereocenters. The summed E-state index contributed by atoms with van der Waals surface area (Å²) in [5, 5.41) is 1.28. The largest absolute Gasteiger partial charge is 0.329 e. The lowest BCUT2D eigenvalue weighted by Gasteiger charge is -2.08. The Balaban J connectivity index is 2.41. The third-order valence-corrected chi connectivity index (χ3v) is 3.63. The Kier molecular flexibility index (Phi) is 1.73. The molecule has 2 N–H and O–H groups in total. The van der Waals surface area contributed by atoms with Gasteiger partial charge < -0.3 is 10.3 Å². The molecule has 0 amide bonds. The van der Waals surface area contributed by atoms with Crippen molar-refractivity contribution in [3.8, 4) is 0 Å². The highest BCUT2D eigenvalue weighted by Gasteiger charge is 2.21. The van der Waals surface area contributed by atoms with Crippen LogP contribution in [0.4, 0.5) is 0 Å². The molecule has 3 heteroatoms. The standard InChI is InChI=1S/C11H11BrN2/c12-9-2-1-3-10-8(9)6-7-4-5-11(13)14(7)10/h1-3,6,11H,4-5,13H2. The van der Waals surface area contributed by atoms with E-state index in [0.717, 1.165) is 17.3 Å². The second kappa shape index (κ2) is 2.84. The van der Waals surface area contributed by atoms with E-state index in [1.807, 2.05) is 0 Å². The Bertz CT molecular complexity index is 501. The van der Waals surface area contributed by atoms with E-state index in [4.69, 9.17) is 5.73 Å². The third kappa shape index (κ3) is 0.996. The second-order valence-electron chi connectivity index (χ2n) is 3.78. The molecular weight excluding hydrogens is 240 g/mol. The monoisotopic (exact) mass is 250 g/mol. The number of aromatic nitrogens is 1. The number of nitrogens with zero attached hydrogens (tertiary/aromatic N) is 1. The van der Waals surface area contributed by atoms with Gasteiger partial charge in [0.05, 0.1) is 11.7 Å². The van der Waals surface area contributed by atoms with Crippen LogP contribution in [0.25, 0.3) is 10.9 Å². The summed E-state index contributed by atoms with van der Waals surface area (Å²) in [6, 6.07) is 8.51. The van der Waals surface area contributed by atoms with Crippen LogP contribution in [-0.2, 0) is 6.42 Å². The first kappa shape index (κ1) is 8.50. The molecule has 0 bridgehead atoms. The molecule has 0 saturated heterocycles. The smallest absolute Gasteiger partial charge is 0.0821 e. The molecule has 0 aliphatic carbocycles. The van der Waals surface area contributed by atoms with Crippen LogP contribution < -0.4 is 5.73 Å². The highest BCUT2D eigenvalue weighted by molar-refractivity contribution is 9.10. The topological polar surface area (TPSA) is 30.9 Å². The summed E-state index contributed by atoms with van der Waals surface area (Å²) >= 11 is 3.56. The lowest BCUT2D eigenvalue weighted by Crippen LogP contribution is -2.13. The third-order valence-electron chi connectivity index (χ3n) is 2.94. The fourth-order valence-electron chi connectivity index (χ4n) is 2.28. The van der Waals surface area contributed by atoms with Crippen LogP contribution in [0.15, 0.2) is 28.7 Å². The Morgan fingerprint density at radius 3 is 3.14 bits per heavy atom. The molecule has 1 aliphatic heterocycles. The second-order valence-corrected chi connectivity index (χ2v) is 4.64. The van der Waals surface area contributed by atoms with Crippen molar-refractivity contribution in [2.24, 2.45) is 5.73 Å². The number of halogens is 1. The summed E-state index contributed by atoms with van der Waals surface area (Å²) in [6.45, 7) is 0. The number of fused-ring (bicyclic) bond motifs is 3. The first-order valence-electron chi connectivity index (χ1n) is 4.81. The van der Waals surface area contributed by atoms with E-state index >= 15 is 0 Å². The van der Waals surface area contributed by atoms with Crippen molar-refractivity contribution in [1.82, 2.24) is 4.57 Å². The quantitative estimate of drug-likeness (QED) is 0.766. The first-order valence-corrected chi connectivity index (χ1v) is 5.60. The Morgan fingerprint density at radius 2 is 2.29 bits per heavy atom. The van der Waals surface area contributed by atoms with Gasteiger partial charge in [0.2, 0.25) is 0 Å². The molecule has 1 aromatic heterocycles. The van der Waals surface area contributed by atoms with Gasteiger partial charge in [0, 0.05) is 15.6 Å². The number of hydrogen-bond donors (Lipinski definition) is 1. The van der Waals surface area contributed by atoms with E-state index in [1.54, 1.807) is 0 Å². The van der Waals surface area contributed by atoms with Gasteiger partial charge in [-0.05, 0) is 31.0 Å². The van der Waals surface area contributed by atoms with E-state index in [1.165, 1.54) is 16.6 Å². The van der Waals surface area contributed by atoms with Crippen molar-refractivity contribution in [1.29, 1.82) is 0 Å². The van der Waals surface area contributed by atoms with Crippen LogP contribution in [0.5, 0.6) is 0 Å². The predicted molar refractivity (Wildman–Crippen MR) is 61.2 cm³/mol. The van der Waals surface area contributed by atoms with Gasteiger partial charge in [-0.15, -0.1) is 0 Å². The first-order chi connectivity index (χ1) is 6.77. The Labute approximate surface area is 90.8 Å². The van der Waals surface area contributed by atoms with Crippen molar-refractivity contribution >= 4 is 26.8 Å². The maximum absolute atomic E-state index is 6.05. The summed E-state index contributed by atoms with van der Waals surface area (Å²) in [5.41, 5.74) is 8.66. The molecule has 0 saturated carbocycles. The fraction of sp³-hybridized carbons (Fsp3) is 0.273. The molecule has 0 radical (unpaired) electrons. The van der Waals surface area contributed by atoms with E-state index in [-0.39, 0.29) is 6.17 Å². The summed E-state index contributed by atoms with van der Waals surface area (Å²) in [4.78, 5) is 0. The molecule has 0 fully saturated rings. The molecule has 0 spiro atoms. The van der Waals surface area contributed by atoms with Crippen LogP contribution in [0, 0.1) is 0 Å². The number of nitrogens with two attached hydrogens (primary N) is 1. The Hall–Kier alpha value is -0.800. The van der Waals surface area contributed by atoms with Crippen molar-refractivity contribution in [2.45, 2.75) is 19.0 Å². The molecule has 3 rings (SSSR count). The van der Waals surface area contributed by atoms with Crippen LogP contribution >= 0.6 is 15.9 Å². The zero-order chi connectivity index (χ0) is 9.71. The van der Waals surface area contributed by atoms with Gasteiger partial charge >= 0.3 is 0 Å². The highest BCUT2D eigenvalue weighted by atomic mass is 79.9. The molecule has 2 heterocycles. The maximum atomic E-state index is 6.05. The lowest BCUT2D eigenvalue weighted by molar-refractivity contribution is 0.567. The van der Waals surface area contributed by atoms with Crippen molar-refractivity contribution < 1.29 is 0 Å². The Morgan fingerprint density at radius 1 is 1.43 bits per heavy atom. The summed E-state index contributed by atoms with van der Waals surface area (Å²) in [5.74, 6) is 0. The molecule has 1 aromatic carbocycles. The van der Waals surface area contributed by atoms with Gasteiger partial charge in [-0.25, -0.2) is 0 Å². The minimum absolute atomic E-state index is 0.164. The van der Waals surface area contributed by atoms with Gasteiger partial charge in [-0.1, -0.05) is 22.0 Å². The average Bonchev–Trinajstić information content (AvgIpc) is 2.68. The van der Waals surface area contributed by atoms with Crippen LogP contribution in [0.2, 0.25) is 0 Å². The summed E-state index contributed by atoms with van der Waals surface area (Å²) < 4.78 is 3.41. The van der Waals surface area contributed by atoms with Gasteiger partial charge in [-0.2, -0.15) is 0 Å². The SMILES string of the molecule is NC1CCc2cc3c(Br)cccc3n21.